The molecule has 1 aliphatic heterocycles. The number of carbonyl (C=O) groups excluding carboxylic acids is 1. The molecule has 2 aliphatic rings. The van der Waals surface area contributed by atoms with Crippen molar-refractivity contribution in [2.45, 2.75) is 57.0 Å². The maximum Gasteiger partial charge on any atom is 0.318 e. The van der Waals surface area contributed by atoms with Crippen molar-refractivity contribution in [2.75, 3.05) is 13.7 Å². The van der Waals surface area contributed by atoms with Gasteiger partial charge in [-0.05, 0) is 43.4 Å². The van der Waals surface area contributed by atoms with E-state index in [9.17, 15) is 4.79 Å². The van der Waals surface area contributed by atoms with E-state index in [1.165, 1.54) is 24.8 Å². The van der Waals surface area contributed by atoms with Crippen molar-refractivity contribution in [2.24, 2.45) is 0 Å². The highest BCUT2D eigenvalue weighted by Crippen LogP contribution is 2.33. The van der Waals surface area contributed by atoms with Gasteiger partial charge in [0.2, 0.25) is 0 Å². The molecule has 1 aromatic carbocycles. The van der Waals surface area contributed by atoms with Crippen LogP contribution in [0.4, 0.5) is 4.79 Å². The highest BCUT2D eigenvalue weighted by Gasteiger charge is 2.31. The fourth-order valence-corrected chi connectivity index (χ4v) is 3.69. The van der Waals surface area contributed by atoms with Crippen molar-refractivity contribution in [1.29, 1.82) is 0 Å². The van der Waals surface area contributed by atoms with Crippen LogP contribution >= 0.6 is 0 Å². The highest BCUT2D eigenvalue weighted by atomic mass is 16.5. The molecule has 1 saturated carbocycles. The van der Waals surface area contributed by atoms with Crippen LogP contribution in [0, 0.1) is 0 Å². The smallest absolute Gasteiger partial charge is 0.318 e. The summed E-state index contributed by atoms with van der Waals surface area (Å²) in [6.07, 6.45) is 8.18. The van der Waals surface area contributed by atoms with Gasteiger partial charge in [0.05, 0.1) is 13.2 Å². The number of urea groups is 1. The van der Waals surface area contributed by atoms with Crippen LogP contribution in [0.3, 0.4) is 0 Å². The Morgan fingerprint density at radius 1 is 1.09 bits per heavy atom. The van der Waals surface area contributed by atoms with Gasteiger partial charge in [0, 0.05) is 12.6 Å². The summed E-state index contributed by atoms with van der Waals surface area (Å²) in [6.45, 7) is 0.856. The predicted octanol–water partition coefficient (Wildman–Crippen LogP) is 3.87. The number of nitrogens with zero attached hydrogens (tertiary/aromatic N) is 1. The number of rotatable bonds is 3. The topological polar surface area (TPSA) is 41.6 Å². The Morgan fingerprint density at radius 2 is 1.82 bits per heavy atom. The Bertz CT molecular complexity index is 494. The number of hydrogen-bond acceptors (Lipinski definition) is 2. The van der Waals surface area contributed by atoms with Crippen LogP contribution in [-0.2, 0) is 0 Å². The van der Waals surface area contributed by atoms with E-state index in [0.717, 1.165) is 38.0 Å². The standard InChI is InChI=1S/C18H26N2O2/c1-22-16-11-9-14(10-12-16)17-8-5-13-20(17)18(21)19-15-6-3-2-4-7-15/h9-12,15,17H,2-8,13H2,1H3,(H,19,21). The van der Waals surface area contributed by atoms with Crippen molar-refractivity contribution >= 4 is 6.03 Å². The van der Waals surface area contributed by atoms with Crippen LogP contribution < -0.4 is 10.1 Å². The zero-order chi connectivity index (χ0) is 15.4. The number of methoxy groups -OCH3 is 1. The molecule has 1 saturated heterocycles. The summed E-state index contributed by atoms with van der Waals surface area (Å²) in [5.41, 5.74) is 1.21. The zero-order valence-electron chi connectivity index (χ0n) is 13.4. The molecule has 4 heteroatoms. The quantitative estimate of drug-likeness (QED) is 0.920. The first-order chi connectivity index (χ1) is 10.8. The number of hydrogen-bond donors (Lipinski definition) is 1. The molecule has 1 atom stereocenters. The Morgan fingerprint density at radius 3 is 2.50 bits per heavy atom. The van der Waals surface area contributed by atoms with Crippen molar-refractivity contribution in [1.82, 2.24) is 10.2 Å². The normalized spacial score (nSPS) is 22.6. The molecule has 1 N–H and O–H groups in total. The van der Waals surface area contributed by atoms with Gasteiger partial charge in [-0.1, -0.05) is 31.4 Å². The molecule has 3 rings (SSSR count). The summed E-state index contributed by atoms with van der Waals surface area (Å²) < 4.78 is 5.21. The first-order valence-corrected chi connectivity index (χ1v) is 8.49. The number of ether oxygens (including phenoxy) is 1. The van der Waals surface area contributed by atoms with E-state index in [4.69, 9.17) is 4.74 Å². The van der Waals surface area contributed by atoms with Crippen LogP contribution in [0.5, 0.6) is 5.75 Å². The van der Waals surface area contributed by atoms with Gasteiger partial charge in [-0.15, -0.1) is 0 Å². The van der Waals surface area contributed by atoms with Crippen molar-refractivity contribution in [3.05, 3.63) is 29.8 Å². The van der Waals surface area contributed by atoms with Crippen molar-refractivity contribution in [3.63, 3.8) is 0 Å². The van der Waals surface area contributed by atoms with E-state index in [0.29, 0.717) is 6.04 Å². The maximum atomic E-state index is 12.6. The minimum atomic E-state index is 0.116. The minimum Gasteiger partial charge on any atom is -0.497 e. The second-order valence-electron chi connectivity index (χ2n) is 6.41. The number of amides is 2. The first-order valence-electron chi connectivity index (χ1n) is 8.49. The zero-order valence-corrected chi connectivity index (χ0v) is 13.4. The summed E-state index contributed by atoms with van der Waals surface area (Å²) >= 11 is 0. The van der Waals surface area contributed by atoms with Crippen LogP contribution in [0.1, 0.15) is 56.6 Å². The van der Waals surface area contributed by atoms with Crippen molar-refractivity contribution in [3.8, 4) is 5.75 Å². The van der Waals surface area contributed by atoms with Crippen LogP contribution in [0.15, 0.2) is 24.3 Å². The third-order valence-corrected chi connectivity index (χ3v) is 4.95. The molecule has 0 spiro atoms. The molecule has 0 bridgehead atoms. The van der Waals surface area contributed by atoms with Gasteiger partial charge < -0.3 is 15.0 Å². The fourth-order valence-electron chi connectivity index (χ4n) is 3.69. The summed E-state index contributed by atoms with van der Waals surface area (Å²) in [5, 5.41) is 3.25. The van der Waals surface area contributed by atoms with Gasteiger partial charge in [0.1, 0.15) is 5.75 Å². The van der Waals surface area contributed by atoms with Crippen LogP contribution in [0.25, 0.3) is 0 Å². The maximum absolute atomic E-state index is 12.6. The molecular weight excluding hydrogens is 276 g/mol. The highest BCUT2D eigenvalue weighted by molar-refractivity contribution is 5.75. The van der Waals surface area contributed by atoms with Crippen LogP contribution in [-0.4, -0.2) is 30.6 Å². The third-order valence-electron chi connectivity index (χ3n) is 4.95. The SMILES string of the molecule is COc1ccc(C2CCCN2C(=O)NC2CCCCC2)cc1. The van der Waals surface area contributed by atoms with Gasteiger partial charge in [0.25, 0.3) is 0 Å². The van der Waals surface area contributed by atoms with E-state index in [-0.39, 0.29) is 12.1 Å². The van der Waals surface area contributed by atoms with Gasteiger partial charge in [-0.2, -0.15) is 0 Å². The summed E-state index contributed by atoms with van der Waals surface area (Å²) in [4.78, 5) is 14.6. The molecule has 1 unspecified atom stereocenters. The lowest BCUT2D eigenvalue weighted by Gasteiger charge is -2.29. The number of likely N-dealkylation sites (tertiary alicyclic amines) is 1. The van der Waals surface area contributed by atoms with Gasteiger partial charge >= 0.3 is 6.03 Å². The van der Waals surface area contributed by atoms with E-state index in [2.05, 4.69) is 17.4 Å². The van der Waals surface area contributed by atoms with Gasteiger partial charge in [-0.25, -0.2) is 4.79 Å². The molecule has 1 heterocycles. The van der Waals surface area contributed by atoms with E-state index in [1.807, 2.05) is 17.0 Å². The molecule has 120 valence electrons. The average Bonchev–Trinajstić information content (AvgIpc) is 3.05. The lowest BCUT2D eigenvalue weighted by atomic mass is 9.96. The predicted molar refractivity (Wildman–Crippen MR) is 87.1 cm³/mol. The molecule has 4 nitrogen and oxygen atoms in total. The lowest BCUT2D eigenvalue weighted by molar-refractivity contribution is 0.185. The summed E-state index contributed by atoms with van der Waals surface area (Å²) in [5.74, 6) is 0.861. The average molecular weight is 302 g/mol. The Labute approximate surface area is 132 Å². The molecule has 22 heavy (non-hydrogen) atoms. The number of nitrogens with one attached hydrogen (secondary N) is 1. The van der Waals surface area contributed by atoms with Crippen molar-refractivity contribution < 1.29 is 9.53 Å². The number of benzene rings is 1. The van der Waals surface area contributed by atoms with E-state index in [1.54, 1.807) is 7.11 Å². The summed E-state index contributed by atoms with van der Waals surface area (Å²) in [7, 11) is 1.68. The number of carbonyl (C=O) groups is 1. The molecule has 1 aliphatic carbocycles. The molecule has 0 aromatic heterocycles. The third kappa shape index (κ3) is 3.37. The van der Waals surface area contributed by atoms with E-state index < -0.39 is 0 Å². The van der Waals surface area contributed by atoms with Gasteiger partial charge in [0.15, 0.2) is 0 Å². The Hall–Kier alpha value is -1.71. The fraction of sp³-hybridized carbons (Fsp3) is 0.611. The Balaban J connectivity index is 1.64. The molecule has 1 aromatic rings. The summed E-state index contributed by atoms with van der Waals surface area (Å²) in [6, 6.07) is 8.80. The van der Waals surface area contributed by atoms with Crippen LogP contribution in [0.2, 0.25) is 0 Å². The molecule has 0 radical (unpaired) electrons. The lowest BCUT2D eigenvalue weighted by Crippen LogP contribution is -2.45. The van der Waals surface area contributed by atoms with E-state index >= 15 is 0 Å². The molecule has 2 amide bonds. The largest absolute Gasteiger partial charge is 0.497 e. The first kappa shape index (κ1) is 15.2. The minimum absolute atomic E-state index is 0.116. The molecular formula is C18H26N2O2. The second kappa shape index (κ2) is 7.03. The molecule has 2 fully saturated rings. The Kier molecular flexibility index (Phi) is 4.86. The van der Waals surface area contributed by atoms with Gasteiger partial charge in [-0.3, -0.25) is 0 Å². The monoisotopic (exact) mass is 302 g/mol. The second-order valence-corrected chi connectivity index (χ2v) is 6.41.